The van der Waals surface area contributed by atoms with Crippen molar-refractivity contribution in [3.63, 3.8) is 0 Å². The number of fused-ring (bicyclic) bond motifs is 1. The third-order valence-corrected chi connectivity index (χ3v) is 6.87. The molecule has 2 N–H and O–H groups in total. The molecule has 0 aromatic heterocycles. The second-order valence-electron chi connectivity index (χ2n) is 7.03. The average Bonchev–Trinajstić information content (AvgIpc) is 2.83. The maximum atomic E-state index is 12.4. The molecule has 2 aliphatic rings. The first kappa shape index (κ1) is 15.3. The van der Waals surface area contributed by atoms with Crippen LogP contribution in [-0.4, -0.2) is 24.7 Å². The Labute approximate surface area is 131 Å². The van der Waals surface area contributed by atoms with Gasteiger partial charge in [0.25, 0.3) is 0 Å². The highest BCUT2D eigenvalue weighted by Crippen LogP contribution is 2.47. The predicted molar refractivity (Wildman–Crippen MR) is 88.6 cm³/mol. The van der Waals surface area contributed by atoms with E-state index in [4.69, 9.17) is 0 Å². The van der Waals surface area contributed by atoms with Gasteiger partial charge in [0.05, 0.1) is 0 Å². The lowest BCUT2D eigenvalue weighted by Gasteiger charge is -2.34. The molecule has 1 spiro atoms. The minimum Gasteiger partial charge on any atom is -0.597 e. The molecule has 1 saturated heterocycles. The average molecular weight is 306 g/mol. The molecule has 3 rings (SSSR count). The molecule has 0 unspecified atom stereocenters. The molecule has 1 aliphatic carbocycles. The standard InChI is InChI=1S/C17H26N2OS/c1-16(2,21(20)18-3)15-6-4-5-13-11-17(12-14(13)15)7-9-19-10-8-17/h4-6,18-19H,7-12H2,1-3H3/t21-/m1/s1. The molecule has 4 heteroatoms. The molecule has 1 aromatic rings. The third-order valence-electron chi connectivity index (χ3n) is 5.35. The second-order valence-corrected chi connectivity index (χ2v) is 9.00. The Bertz CT molecular complexity index is 524. The fourth-order valence-corrected chi connectivity index (χ4v) is 4.98. The van der Waals surface area contributed by atoms with E-state index in [0.717, 1.165) is 19.5 Å². The summed E-state index contributed by atoms with van der Waals surface area (Å²) >= 11 is -1.06. The minimum absolute atomic E-state index is 0.349. The Kier molecular flexibility index (Phi) is 4.08. The van der Waals surface area contributed by atoms with Crippen LogP contribution in [0.25, 0.3) is 0 Å². The Balaban J connectivity index is 1.96. The summed E-state index contributed by atoms with van der Waals surface area (Å²) < 4.78 is 15.0. The summed E-state index contributed by atoms with van der Waals surface area (Å²) in [6, 6.07) is 6.59. The highest BCUT2D eigenvalue weighted by Gasteiger charge is 2.43. The molecular weight excluding hydrogens is 280 g/mol. The van der Waals surface area contributed by atoms with Gasteiger partial charge in [0.2, 0.25) is 0 Å². The van der Waals surface area contributed by atoms with Crippen LogP contribution in [0.5, 0.6) is 0 Å². The van der Waals surface area contributed by atoms with Crippen molar-refractivity contribution in [1.29, 1.82) is 0 Å². The van der Waals surface area contributed by atoms with Crippen LogP contribution >= 0.6 is 0 Å². The maximum absolute atomic E-state index is 12.4. The lowest BCUT2D eigenvalue weighted by Crippen LogP contribution is -2.39. The monoisotopic (exact) mass is 306 g/mol. The number of hydrogen-bond donors (Lipinski definition) is 2. The van der Waals surface area contributed by atoms with E-state index >= 15 is 0 Å². The smallest absolute Gasteiger partial charge is 0.164 e. The van der Waals surface area contributed by atoms with Gasteiger partial charge < -0.3 is 9.87 Å². The van der Waals surface area contributed by atoms with Gasteiger partial charge in [0.15, 0.2) is 4.75 Å². The molecule has 1 heterocycles. The van der Waals surface area contributed by atoms with Crippen molar-refractivity contribution in [3.05, 3.63) is 34.9 Å². The van der Waals surface area contributed by atoms with Crippen LogP contribution in [0.4, 0.5) is 0 Å². The van der Waals surface area contributed by atoms with Crippen LogP contribution < -0.4 is 10.0 Å². The van der Waals surface area contributed by atoms with Gasteiger partial charge in [0, 0.05) is 24.0 Å². The number of rotatable bonds is 3. The van der Waals surface area contributed by atoms with E-state index in [1.165, 1.54) is 36.0 Å². The predicted octanol–water partition coefficient (Wildman–Crippen LogP) is 2.27. The summed E-state index contributed by atoms with van der Waals surface area (Å²) in [5.74, 6) is 0. The van der Waals surface area contributed by atoms with Gasteiger partial charge in [0.1, 0.15) is 0 Å². The Morgan fingerprint density at radius 1 is 1.24 bits per heavy atom. The molecule has 1 aromatic carbocycles. The van der Waals surface area contributed by atoms with Crippen molar-refractivity contribution in [2.45, 2.75) is 44.3 Å². The molecular formula is C17H26N2OS. The fraction of sp³-hybridized carbons (Fsp3) is 0.647. The lowest BCUT2D eigenvalue weighted by molar-refractivity contribution is 0.215. The molecule has 0 amide bonds. The molecule has 1 aliphatic heterocycles. The van der Waals surface area contributed by atoms with Crippen molar-refractivity contribution < 1.29 is 4.55 Å². The number of benzene rings is 1. The molecule has 0 radical (unpaired) electrons. The van der Waals surface area contributed by atoms with Crippen molar-refractivity contribution >= 4 is 11.4 Å². The summed E-state index contributed by atoms with van der Waals surface area (Å²) in [5.41, 5.74) is 4.66. The molecule has 116 valence electrons. The highest BCUT2D eigenvalue weighted by atomic mass is 32.2. The number of hydrogen-bond acceptors (Lipinski definition) is 3. The van der Waals surface area contributed by atoms with Gasteiger partial charge >= 0.3 is 0 Å². The number of piperidine rings is 1. The van der Waals surface area contributed by atoms with Crippen LogP contribution in [0.1, 0.15) is 43.4 Å². The molecule has 1 atom stereocenters. The Hall–Kier alpha value is -0.550. The van der Waals surface area contributed by atoms with Crippen molar-refractivity contribution in [1.82, 2.24) is 10.0 Å². The van der Waals surface area contributed by atoms with Gasteiger partial charge in [-0.05, 0) is 69.2 Å². The van der Waals surface area contributed by atoms with E-state index < -0.39 is 11.4 Å². The summed E-state index contributed by atoms with van der Waals surface area (Å²) in [5, 5.41) is 3.48. The van der Waals surface area contributed by atoms with Gasteiger partial charge in [-0.3, -0.25) is 0 Å². The lowest BCUT2D eigenvalue weighted by atomic mass is 9.76. The summed E-state index contributed by atoms with van der Waals surface area (Å²) in [4.78, 5) is 0. The van der Waals surface area contributed by atoms with E-state index in [-0.39, 0.29) is 4.75 Å². The first-order valence-electron chi connectivity index (χ1n) is 7.90. The summed E-state index contributed by atoms with van der Waals surface area (Å²) in [7, 11) is 1.77. The normalized spacial score (nSPS) is 22.3. The van der Waals surface area contributed by atoms with Crippen LogP contribution in [0.2, 0.25) is 0 Å². The van der Waals surface area contributed by atoms with Crippen LogP contribution in [0.15, 0.2) is 18.2 Å². The molecule has 0 bridgehead atoms. The second kappa shape index (κ2) is 5.58. The van der Waals surface area contributed by atoms with Crippen molar-refractivity contribution in [2.24, 2.45) is 5.41 Å². The molecule has 3 nitrogen and oxygen atoms in total. The van der Waals surface area contributed by atoms with Gasteiger partial charge in [-0.1, -0.05) is 18.2 Å². The van der Waals surface area contributed by atoms with E-state index in [1.807, 2.05) is 0 Å². The summed E-state index contributed by atoms with van der Waals surface area (Å²) in [6.07, 6.45) is 4.87. The van der Waals surface area contributed by atoms with Gasteiger partial charge in [-0.2, -0.15) is 0 Å². The van der Waals surface area contributed by atoms with Gasteiger partial charge in [-0.25, -0.2) is 0 Å². The van der Waals surface area contributed by atoms with E-state index in [9.17, 15) is 4.55 Å². The zero-order valence-electron chi connectivity index (χ0n) is 13.3. The largest absolute Gasteiger partial charge is 0.597 e. The van der Waals surface area contributed by atoms with Crippen LogP contribution in [0.3, 0.4) is 0 Å². The Morgan fingerprint density at radius 3 is 2.62 bits per heavy atom. The molecule has 1 fully saturated rings. The SMILES string of the molecule is CN[S@+]([O-])C(C)(C)c1cccc2c1CC1(CCNCC1)C2. The number of nitrogens with one attached hydrogen (secondary N) is 2. The zero-order valence-corrected chi connectivity index (χ0v) is 14.1. The minimum atomic E-state index is -1.06. The highest BCUT2D eigenvalue weighted by molar-refractivity contribution is 7.90. The van der Waals surface area contributed by atoms with Crippen LogP contribution in [-0.2, 0) is 29.0 Å². The molecule has 21 heavy (non-hydrogen) atoms. The Morgan fingerprint density at radius 2 is 1.95 bits per heavy atom. The zero-order chi connectivity index (χ0) is 15.1. The van der Waals surface area contributed by atoms with Crippen molar-refractivity contribution in [2.75, 3.05) is 20.1 Å². The van der Waals surface area contributed by atoms with Gasteiger partial charge in [-0.15, -0.1) is 4.72 Å². The maximum Gasteiger partial charge on any atom is 0.164 e. The first-order chi connectivity index (χ1) is 9.98. The first-order valence-corrected chi connectivity index (χ1v) is 9.05. The quantitative estimate of drug-likeness (QED) is 0.842. The third kappa shape index (κ3) is 2.63. The fourth-order valence-electron chi connectivity index (χ4n) is 4.08. The summed E-state index contributed by atoms with van der Waals surface area (Å²) in [6.45, 7) is 6.44. The van der Waals surface area contributed by atoms with E-state index in [1.54, 1.807) is 7.05 Å². The topological polar surface area (TPSA) is 47.1 Å². The molecule has 0 saturated carbocycles. The van der Waals surface area contributed by atoms with E-state index in [2.05, 4.69) is 42.1 Å². The van der Waals surface area contributed by atoms with Crippen LogP contribution in [0, 0.1) is 5.41 Å². The van der Waals surface area contributed by atoms with Crippen molar-refractivity contribution in [3.8, 4) is 0 Å². The van der Waals surface area contributed by atoms with E-state index in [0.29, 0.717) is 5.41 Å².